The summed E-state index contributed by atoms with van der Waals surface area (Å²) < 4.78 is 21.9. The zero-order chi connectivity index (χ0) is 21.1. The molecule has 2 heterocycles. The summed E-state index contributed by atoms with van der Waals surface area (Å²) >= 11 is 0. The SMILES string of the molecule is CCOC(=O)C1=C(COc2ccc(C)cc2)NC(=O)N[C@H]1c1ccc2c(c1)OCO2. The molecule has 2 aliphatic heterocycles. The quantitative estimate of drug-likeness (QED) is 0.711. The number of hydrogen-bond acceptors (Lipinski definition) is 6. The third kappa shape index (κ3) is 4.03. The Morgan fingerprint density at radius 1 is 1.13 bits per heavy atom. The van der Waals surface area contributed by atoms with E-state index in [0.717, 1.165) is 5.56 Å². The molecule has 2 amide bonds. The fraction of sp³-hybridized carbons (Fsp3) is 0.273. The summed E-state index contributed by atoms with van der Waals surface area (Å²) in [7, 11) is 0. The van der Waals surface area contributed by atoms with Crippen molar-refractivity contribution in [2.75, 3.05) is 20.0 Å². The topological polar surface area (TPSA) is 95.1 Å². The second kappa shape index (κ2) is 8.36. The average Bonchev–Trinajstić information content (AvgIpc) is 3.21. The molecule has 30 heavy (non-hydrogen) atoms. The van der Waals surface area contributed by atoms with Crippen molar-refractivity contribution in [2.24, 2.45) is 0 Å². The van der Waals surface area contributed by atoms with Gasteiger partial charge >= 0.3 is 12.0 Å². The number of amides is 2. The van der Waals surface area contributed by atoms with Gasteiger partial charge in [0.2, 0.25) is 6.79 Å². The Labute approximate surface area is 173 Å². The highest BCUT2D eigenvalue weighted by Gasteiger charge is 2.34. The average molecular weight is 410 g/mol. The normalized spacial score (nSPS) is 17.3. The molecule has 2 N–H and O–H groups in total. The molecule has 2 aliphatic rings. The standard InChI is InChI=1S/C22H22N2O6/c1-3-27-21(25)19-16(11-28-15-7-4-13(2)5-8-15)23-22(26)24-20(19)14-6-9-17-18(10-14)30-12-29-17/h4-10,20H,3,11-12H2,1-2H3,(H2,23,24,26)/t20-/m0/s1. The summed E-state index contributed by atoms with van der Waals surface area (Å²) in [6, 6.07) is 11.6. The summed E-state index contributed by atoms with van der Waals surface area (Å²) in [6.07, 6.45) is 0. The zero-order valence-electron chi connectivity index (χ0n) is 16.7. The van der Waals surface area contributed by atoms with Gasteiger partial charge in [-0.05, 0) is 43.7 Å². The van der Waals surface area contributed by atoms with E-state index in [9.17, 15) is 9.59 Å². The van der Waals surface area contributed by atoms with Gasteiger partial charge < -0.3 is 29.6 Å². The Kier molecular flexibility index (Phi) is 5.47. The van der Waals surface area contributed by atoms with E-state index in [1.54, 1.807) is 25.1 Å². The lowest BCUT2D eigenvalue weighted by Crippen LogP contribution is -2.47. The third-order valence-electron chi connectivity index (χ3n) is 4.78. The van der Waals surface area contributed by atoms with Gasteiger partial charge in [-0.2, -0.15) is 0 Å². The van der Waals surface area contributed by atoms with Crippen LogP contribution in [0.4, 0.5) is 4.79 Å². The van der Waals surface area contributed by atoms with Crippen LogP contribution in [0.3, 0.4) is 0 Å². The number of urea groups is 1. The van der Waals surface area contributed by atoms with Crippen molar-refractivity contribution in [3.63, 3.8) is 0 Å². The second-order valence-corrected chi connectivity index (χ2v) is 6.86. The molecule has 8 nitrogen and oxygen atoms in total. The highest BCUT2D eigenvalue weighted by Crippen LogP contribution is 2.37. The first-order chi connectivity index (χ1) is 14.5. The van der Waals surface area contributed by atoms with E-state index in [1.165, 1.54) is 0 Å². The van der Waals surface area contributed by atoms with Crippen LogP contribution in [0.5, 0.6) is 17.2 Å². The number of ether oxygens (including phenoxy) is 4. The lowest BCUT2D eigenvalue weighted by molar-refractivity contribution is -0.139. The number of rotatable bonds is 6. The van der Waals surface area contributed by atoms with Crippen LogP contribution < -0.4 is 24.8 Å². The second-order valence-electron chi connectivity index (χ2n) is 6.86. The van der Waals surface area contributed by atoms with Crippen LogP contribution in [-0.4, -0.2) is 32.0 Å². The highest BCUT2D eigenvalue weighted by molar-refractivity contribution is 5.95. The van der Waals surface area contributed by atoms with E-state index in [0.29, 0.717) is 28.5 Å². The first-order valence-corrected chi connectivity index (χ1v) is 9.62. The number of esters is 1. The Hall–Kier alpha value is -3.68. The number of carbonyl (C=O) groups excluding carboxylic acids is 2. The maximum atomic E-state index is 12.8. The van der Waals surface area contributed by atoms with E-state index >= 15 is 0 Å². The van der Waals surface area contributed by atoms with Crippen LogP contribution in [0, 0.1) is 6.92 Å². The molecular formula is C22H22N2O6. The summed E-state index contributed by atoms with van der Waals surface area (Å²) in [4.78, 5) is 25.2. The molecule has 0 spiro atoms. The van der Waals surface area contributed by atoms with Crippen LogP contribution in [0.25, 0.3) is 0 Å². The molecule has 0 fully saturated rings. The Balaban J connectivity index is 1.68. The van der Waals surface area contributed by atoms with Crippen molar-refractivity contribution in [3.05, 3.63) is 64.9 Å². The van der Waals surface area contributed by atoms with Gasteiger partial charge in [0.05, 0.1) is 23.9 Å². The summed E-state index contributed by atoms with van der Waals surface area (Å²) in [6.45, 7) is 4.05. The fourth-order valence-electron chi connectivity index (χ4n) is 3.31. The van der Waals surface area contributed by atoms with Crippen LogP contribution in [0.2, 0.25) is 0 Å². The van der Waals surface area contributed by atoms with Crippen LogP contribution in [0.1, 0.15) is 24.1 Å². The van der Waals surface area contributed by atoms with Crippen molar-refractivity contribution in [1.29, 1.82) is 0 Å². The number of nitrogens with one attached hydrogen (secondary N) is 2. The molecule has 0 bridgehead atoms. The number of aryl methyl sites for hydroxylation is 1. The van der Waals surface area contributed by atoms with Crippen molar-refractivity contribution in [3.8, 4) is 17.2 Å². The lowest BCUT2D eigenvalue weighted by atomic mass is 9.95. The van der Waals surface area contributed by atoms with Gasteiger partial charge in [0, 0.05) is 0 Å². The van der Waals surface area contributed by atoms with Gasteiger partial charge in [-0.3, -0.25) is 0 Å². The minimum Gasteiger partial charge on any atom is -0.487 e. The van der Waals surface area contributed by atoms with Gasteiger partial charge in [0.25, 0.3) is 0 Å². The van der Waals surface area contributed by atoms with Crippen LogP contribution in [-0.2, 0) is 9.53 Å². The molecule has 0 saturated heterocycles. The first kappa shape index (κ1) is 19.6. The summed E-state index contributed by atoms with van der Waals surface area (Å²) in [5.41, 5.74) is 2.40. The van der Waals surface area contributed by atoms with Gasteiger partial charge in [0.15, 0.2) is 11.5 Å². The molecule has 1 atom stereocenters. The molecule has 8 heteroatoms. The predicted molar refractivity (Wildman–Crippen MR) is 107 cm³/mol. The number of carbonyl (C=O) groups is 2. The third-order valence-corrected chi connectivity index (χ3v) is 4.78. The van der Waals surface area contributed by atoms with E-state index in [1.807, 2.05) is 31.2 Å². The minimum absolute atomic E-state index is 0.00564. The fourth-order valence-corrected chi connectivity index (χ4v) is 3.31. The molecule has 0 saturated carbocycles. The van der Waals surface area contributed by atoms with Gasteiger partial charge in [-0.25, -0.2) is 9.59 Å². The van der Waals surface area contributed by atoms with E-state index in [4.69, 9.17) is 18.9 Å². The molecule has 0 aromatic heterocycles. The largest absolute Gasteiger partial charge is 0.487 e. The Morgan fingerprint density at radius 3 is 2.67 bits per heavy atom. The van der Waals surface area contributed by atoms with E-state index in [2.05, 4.69) is 10.6 Å². The van der Waals surface area contributed by atoms with E-state index in [-0.39, 0.29) is 25.6 Å². The Bertz CT molecular complexity index is 999. The number of hydrogen-bond donors (Lipinski definition) is 2. The number of fused-ring (bicyclic) bond motifs is 1. The van der Waals surface area contributed by atoms with Crippen molar-refractivity contribution in [1.82, 2.24) is 10.6 Å². The van der Waals surface area contributed by atoms with E-state index < -0.39 is 18.0 Å². The van der Waals surface area contributed by atoms with Crippen molar-refractivity contribution >= 4 is 12.0 Å². The maximum absolute atomic E-state index is 12.8. The number of benzene rings is 2. The molecule has 0 radical (unpaired) electrons. The van der Waals surface area contributed by atoms with Crippen LogP contribution >= 0.6 is 0 Å². The van der Waals surface area contributed by atoms with Gasteiger partial charge in [-0.1, -0.05) is 23.8 Å². The van der Waals surface area contributed by atoms with Crippen molar-refractivity contribution in [2.45, 2.75) is 19.9 Å². The first-order valence-electron chi connectivity index (χ1n) is 9.62. The monoisotopic (exact) mass is 410 g/mol. The van der Waals surface area contributed by atoms with Gasteiger partial charge in [-0.15, -0.1) is 0 Å². The minimum atomic E-state index is -0.719. The van der Waals surface area contributed by atoms with Gasteiger partial charge in [0.1, 0.15) is 12.4 Å². The molecule has 2 aromatic carbocycles. The summed E-state index contributed by atoms with van der Waals surface area (Å²) in [5, 5.41) is 5.48. The molecule has 4 rings (SSSR count). The molecule has 2 aromatic rings. The molecule has 0 unspecified atom stereocenters. The highest BCUT2D eigenvalue weighted by atomic mass is 16.7. The lowest BCUT2D eigenvalue weighted by Gasteiger charge is -2.29. The summed E-state index contributed by atoms with van der Waals surface area (Å²) in [5.74, 6) is 1.27. The Morgan fingerprint density at radius 2 is 1.90 bits per heavy atom. The smallest absolute Gasteiger partial charge is 0.338 e. The predicted octanol–water partition coefficient (Wildman–Crippen LogP) is 2.97. The molecular weight excluding hydrogens is 388 g/mol. The molecule has 156 valence electrons. The van der Waals surface area contributed by atoms with Crippen LogP contribution in [0.15, 0.2) is 53.7 Å². The molecule has 0 aliphatic carbocycles. The van der Waals surface area contributed by atoms with Crippen molar-refractivity contribution < 1.29 is 28.5 Å². The maximum Gasteiger partial charge on any atom is 0.338 e. The zero-order valence-corrected chi connectivity index (χ0v) is 16.7.